The molecular weight excluding hydrogens is 1640 g/mol. The Balaban J connectivity index is 0.000000179. The second-order valence-corrected chi connectivity index (χ2v) is 52.0. The molecule has 0 aliphatic heterocycles. The van der Waals surface area contributed by atoms with Crippen LogP contribution in [-0.2, 0) is 134 Å². The van der Waals surface area contributed by atoms with Crippen LogP contribution < -0.4 is 24.1 Å². The number of nitrogens with two attached hydrogens (primary N) is 2. The van der Waals surface area contributed by atoms with Crippen molar-refractivity contribution in [2.24, 2.45) is 28.0 Å². The molecule has 0 heterocycles. The van der Waals surface area contributed by atoms with Gasteiger partial charge in [0.05, 0.1) is 47.4 Å². The molecule has 0 aromatic heterocycles. The summed E-state index contributed by atoms with van der Waals surface area (Å²) in [4.78, 5) is 39.7. The third-order valence-electron chi connectivity index (χ3n) is 20.8. The van der Waals surface area contributed by atoms with Crippen LogP contribution in [0.15, 0.2) is 87.0 Å². The van der Waals surface area contributed by atoms with E-state index >= 15 is 8.78 Å². The minimum absolute atomic E-state index is 0.0233. The number of nitrogens with one attached hydrogen (secondary N) is 1. The Hall–Kier alpha value is -5.31. The number of carbonyl (C=O) groups is 2. The zero-order chi connectivity index (χ0) is 77.0. The number of aromatic hydroxyl groups is 1. The Morgan fingerprint density at radius 3 is 1.20 bits per heavy atom. The number of methoxy groups -OCH3 is 2. The molecule has 0 spiro atoms. The average molecular weight is 1730 g/mol. The predicted molar refractivity (Wildman–Crippen MR) is 415 cm³/mol. The normalized spacial score (nSPS) is 16.3. The van der Waals surface area contributed by atoms with Gasteiger partial charge in [-0.3, -0.25) is 13.6 Å². The summed E-state index contributed by atoms with van der Waals surface area (Å²) < 4.78 is 152. The molecule has 3 unspecified atom stereocenters. The number of aliphatic imine (C=N–C) groups is 1. The summed E-state index contributed by atoms with van der Waals surface area (Å²) in [6.07, 6.45) is 15.5. The number of ether oxygens (including phenoxy) is 2. The maximum Gasteiger partial charge on any atom is 0.369 e. The molecular formula is C73H91BBr3F6N7O9S3Si2. The third-order valence-corrected chi connectivity index (χ3v) is 38.1. The van der Waals surface area contributed by atoms with Gasteiger partial charge in [0, 0.05) is 18.2 Å². The van der Waals surface area contributed by atoms with Gasteiger partial charge < -0.3 is 14.6 Å². The molecule has 3 atom stereocenters. The molecule has 0 fully saturated rings. The Bertz CT molecular complexity index is 4710. The molecule has 0 saturated heterocycles. The van der Waals surface area contributed by atoms with E-state index in [4.69, 9.17) is 19.8 Å². The quantitative estimate of drug-likeness (QED) is 0.0371. The molecule has 104 heavy (non-hydrogen) atoms. The Morgan fingerprint density at radius 2 is 0.856 bits per heavy atom. The fraction of sp³-hybridized carbons (Fsp3) is 0.466. The lowest BCUT2D eigenvalue weighted by Crippen LogP contribution is -2.54. The first kappa shape index (κ1) is 84.3. The zero-order valence-electron chi connectivity index (χ0n) is 60.7. The summed E-state index contributed by atoms with van der Waals surface area (Å²) in [6, 6.07) is 11.1. The van der Waals surface area contributed by atoms with Gasteiger partial charge >= 0.3 is 3.18 Å². The highest BCUT2D eigenvalue weighted by Crippen LogP contribution is 2.45. The lowest BCUT2D eigenvalue weighted by molar-refractivity contribution is -0.117. The molecule has 2 amide bonds. The number of carbonyl (C=O) groups excluding carboxylic acids is 3. The topological polar surface area (TPSA) is 255 Å². The molecule has 564 valence electrons. The molecule has 31 heteroatoms. The van der Waals surface area contributed by atoms with Crippen LogP contribution in [0.3, 0.4) is 0 Å². The van der Waals surface area contributed by atoms with Crippen LogP contribution in [0.4, 0.5) is 32.0 Å². The number of rotatable bonds is 13. The van der Waals surface area contributed by atoms with E-state index < -0.39 is 80.4 Å². The van der Waals surface area contributed by atoms with Crippen molar-refractivity contribution in [2.45, 2.75) is 221 Å². The standard InChI is InChI=1S/C27H36F2N2O3SSi.C20H20F2N2O3S.C13H23FN2O2SSi.C13H12FNO.BBr3/c1-27(2,3)36(5,6)31-35(33,24-14-13-17(34-4)15-23(24)28)30-25(32)16-22-18-9-7-11-20(18)26(29)21-12-8-10-19(21)22;21-17-9-11(25)7-8-18(17)28(23,27)24-19(26)10-16-12-3-1-5-14(12)20(22)15-6-2-4-13(15)16;1-13(2,3)20(5,6)16-19(15,17)12-8-7-10(18-4)9-11(12)14;14-12-8-3-1-5-10(8)13(15-7-16)11-6-2-4-9(11)12;2-1(3)4/h13-15H,7-12,16H2,1-6H3,(H,30,31,32,33);7-9,25H,1-6,10H2,(H2,23,24,26,27);7-9H,1-6H3,(H2,15,16,17);1-6H2;. The van der Waals surface area contributed by atoms with E-state index in [1.54, 1.807) is 6.08 Å². The van der Waals surface area contributed by atoms with Crippen molar-refractivity contribution < 1.29 is 67.9 Å². The van der Waals surface area contributed by atoms with E-state index in [0.717, 1.165) is 174 Å². The van der Waals surface area contributed by atoms with E-state index in [2.05, 4.69) is 69.4 Å². The number of phenols is 1. The zero-order valence-corrected chi connectivity index (χ0v) is 69.9. The number of benzene rings is 6. The number of phenolic OH excluding ortho intramolecular Hbond substituents is 1. The molecule has 6 N–H and O–H groups in total. The first-order chi connectivity index (χ1) is 48.5. The second-order valence-electron chi connectivity index (χ2n) is 29.6. The van der Waals surface area contributed by atoms with Crippen molar-refractivity contribution in [3.05, 3.63) is 167 Å². The van der Waals surface area contributed by atoms with Gasteiger partial charge in [-0.15, -0.1) is 56.0 Å². The summed E-state index contributed by atoms with van der Waals surface area (Å²) in [5, 5.41) is 20.4. The fourth-order valence-corrected chi connectivity index (χ4v) is 25.2. The Kier molecular flexibility index (Phi) is 27.6. The fourth-order valence-electron chi connectivity index (χ4n) is 13.7. The van der Waals surface area contributed by atoms with Gasteiger partial charge in [0.15, 0.2) is 8.24 Å². The summed E-state index contributed by atoms with van der Waals surface area (Å²) in [6.45, 7) is 20.1. The van der Waals surface area contributed by atoms with E-state index in [1.165, 1.54) is 44.6 Å². The summed E-state index contributed by atoms with van der Waals surface area (Å²) in [5.41, 5.74) is 12.2. The monoisotopic (exact) mass is 1720 g/mol. The van der Waals surface area contributed by atoms with Crippen LogP contribution in [0, 0.1) is 34.9 Å². The molecule has 6 aliphatic rings. The highest BCUT2D eigenvalue weighted by molar-refractivity contribution is 9.69. The van der Waals surface area contributed by atoms with Crippen molar-refractivity contribution >= 4 is 120 Å². The van der Waals surface area contributed by atoms with E-state index in [1.807, 2.05) is 67.7 Å². The molecule has 6 aromatic carbocycles. The highest BCUT2D eigenvalue weighted by Gasteiger charge is 2.41. The van der Waals surface area contributed by atoms with Crippen molar-refractivity contribution in [3.8, 4) is 17.2 Å². The number of nitrogens with zero attached hydrogens (tertiary/aromatic N) is 4. The number of hydrogen-bond acceptors (Lipinski definition) is 11. The van der Waals surface area contributed by atoms with Gasteiger partial charge in [-0.2, -0.15) is 4.99 Å². The lowest BCUT2D eigenvalue weighted by Gasteiger charge is -2.38. The molecule has 0 bridgehead atoms. The third kappa shape index (κ3) is 19.2. The number of isocyanates is 1. The Labute approximate surface area is 635 Å². The first-order valence-electron chi connectivity index (χ1n) is 34.4. The molecule has 6 aromatic rings. The minimum atomic E-state index is -3.80. The van der Waals surface area contributed by atoms with Gasteiger partial charge in [-0.1, -0.05) is 54.6 Å². The van der Waals surface area contributed by atoms with Crippen LogP contribution >= 0.6 is 47.3 Å². The molecule has 0 radical (unpaired) electrons. The van der Waals surface area contributed by atoms with Crippen molar-refractivity contribution in [3.63, 3.8) is 0 Å². The summed E-state index contributed by atoms with van der Waals surface area (Å²) in [7, 11) is -12.6. The van der Waals surface area contributed by atoms with E-state index in [0.29, 0.717) is 55.4 Å². The van der Waals surface area contributed by atoms with E-state index in [9.17, 15) is 49.7 Å². The predicted octanol–water partition coefficient (Wildman–Crippen LogP) is 17.6. The average Bonchev–Trinajstić information content (AvgIpc) is 1.50. The minimum Gasteiger partial charge on any atom is -0.508 e. The Morgan fingerprint density at radius 1 is 0.529 bits per heavy atom. The number of amides is 2. The summed E-state index contributed by atoms with van der Waals surface area (Å²) >= 11 is 9.31. The molecule has 0 saturated carbocycles. The molecule has 16 nitrogen and oxygen atoms in total. The number of hydrogen-bond donors (Lipinski definition) is 4. The number of fused-ring (bicyclic) bond motifs is 6. The maximum atomic E-state index is 15.2. The van der Waals surface area contributed by atoms with Crippen LogP contribution in [-0.4, -0.2) is 69.5 Å². The smallest absolute Gasteiger partial charge is 0.369 e. The van der Waals surface area contributed by atoms with Crippen LogP contribution in [0.1, 0.15) is 158 Å². The van der Waals surface area contributed by atoms with Crippen molar-refractivity contribution in [2.75, 3.05) is 14.2 Å². The second kappa shape index (κ2) is 34.1. The molecule has 12 rings (SSSR count). The maximum absolute atomic E-state index is 15.2. The van der Waals surface area contributed by atoms with Gasteiger partial charge in [0.25, 0.3) is 11.8 Å². The van der Waals surface area contributed by atoms with Crippen LogP contribution in [0.5, 0.6) is 17.2 Å². The van der Waals surface area contributed by atoms with E-state index in [-0.39, 0.29) is 64.8 Å². The number of halogens is 9. The van der Waals surface area contributed by atoms with Crippen molar-refractivity contribution in [1.29, 1.82) is 0 Å². The molecule has 6 aliphatic carbocycles. The van der Waals surface area contributed by atoms with Gasteiger partial charge in [-0.05, 0) is 253 Å². The SMILES string of the molecule is BrB(Br)Br.COc1ccc(S(=O)(=NC(=O)Cc2c3c(c(F)c4c2CCC4)CCC3)N[Si](C)(C)C(C)(C)C)c(F)c1.COc1ccc(S(N)(=O)=N[Si](C)(C)C(C)(C)C)c(F)c1.NS(=O)(=NC(=O)Cc1c2c(c(F)c3c1CCC3)CCC2)c1ccc(O)cc1F.O=C=Nc1c2c(c(F)c3c1CCC3)CCC2. The van der Waals surface area contributed by atoms with Crippen LogP contribution in [0.25, 0.3) is 0 Å². The van der Waals surface area contributed by atoms with Crippen molar-refractivity contribution in [1.82, 2.24) is 4.39 Å². The highest BCUT2D eigenvalue weighted by atomic mass is 79.9. The van der Waals surface area contributed by atoms with Crippen LogP contribution in [0.2, 0.25) is 36.3 Å². The largest absolute Gasteiger partial charge is 0.508 e. The van der Waals surface area contributed by atoms with Gasteiger partial charge in [-0.25, -0.2) is 58.4 Å². The van der Waals surface area contributed by atoms with Gasteiger partial charge in [0.2, 0.25) is 6.08 Å². The van der Waals surface area contributed by atoms with Gasteiger partial charge in [0.1, 0.15) is 90.1 Å². The lowest BCUT2D eigenvalue weighted by atomic mass is 9.91. The summed E-state index contributed by atoms with van der Waals surface area (Å²) in [5.74, 6) is -3.68. The first-order valence-corrected chi connectivity index (χ1v) is 47.8.